The summed E-state index contributed by atoms with van der Waals surface area (Å²) in [7, 11) is 0. The Morgan fingerprint density at radius 1 is 1.36 bits per heavy atom. The van der Waals surface area contributed by atoms with Crippen molar-refractivity contribution in [2.45, 2.75) is 19.9 Å². The lowest BCUT2D eigenvalue weighted by molar-refractivity contribution is 0.672. The Balaban J connectivity index is 2.10. The van der Waals surface area contributed by atoms with Crippen molar-refractivity contribution in [2.24, 2.45) is 0 Å². The van der Waals surface area contributed by atoms with Gasteiger partial charge < -0.3 is 0 Å². The zero-order chi connectivity index (χ0) is 9.80. The molecule has 2 aromatic heterocycles. The molecular formula is C11H13N3. The zero-order valence-electron chi connectivity index (χ0n) is 8.22. The van der Waals surface area contributed by atoms with E-state index in [0.717, 1.165) is 18.7 Å². The first kappa shape index (κ1) is 8.94. The van der Waals surface area contributed by atoms with E-state index in [1.54, 1.807) is 6.20 Å². The number of hydrogen-bond donors (Lipinski definition) is 0. The van der Waals surface area contributed by atoms with E-state index in [9.17, 15) is 0 Å². The Morgan fingerprint density at radius 3 is 2.86 bits per heavy atom. The molecule has 0 fully saturated rings. The van der Waals surface area contributed by atoms with Crippen molar-refractivity contribution in [1.29, 1.82) is 0 Å². The van der Waals surface area contributed by atoms with Crippen LogP contribution in [0.25, 0.3) is 0 Å². The van der Waals surface area contributed by atoms with Crippen LogP contribution in [-0.2, 0) is 13.0 Å². The van der Waals surface area contributed by atoms with Crippen LogP contribution in [0.2, 0.25) is 0 Å². The maximum absolute atomic E-state index is 4.36. The van der Waals surface area contributed by atoms with Crippen LogP contribution in [0.3, 0.4) is 0 Å². The number of nitrogens with zero attached hydrogens (tertiary/aromatic N) is 3. The fourth-order valence-electron chi connectivity index (χ4n) is 1.32. The minimum absolute atomic E-state index is 0.747. The zero-order valence-corrected chi connectivity index (χ0v) is 8.22. The van der Waals surface area contributed by atoms with Gasteiger partial charge >= 0.3 is 0 Å². The molecule has 72 valence electrons. The summed E-state index contributed by atoms with van der Waals surface area (Å²) in [6, 6.07) is 6.09. The maximum atomic E-state index is 4.36. The third kappa shape index (κ3) is 1.99. The molecule has 0 aliphatic heterocycles. The predicted octanol–water partition coefficient (Wildman–Crippen LogP) is 1.89. The van der Waals surface area contributed by atoms with Gasteiger partial charge in [-0.05, 0) is 24.1 Å². The molecule has 0 unspecified atom stereocenters. The minimum Gasteiger partial charge on any atom is -0.267 e. The monoisotopic (exact) mass is 187 g/mol. The van der Waals surface area contributed by atoms with Gasteiger partial charge in [0.1, 0.15) is 0 Å². The van der Waals surface area contributed by atoms with Crippen LogP contribution in [0.15, 0.2) is 36.8 Å². The van der Waals surface area contributed by atoms with E-state index in [1.807, 2.05) is 23.1 Å². The fraction of sp³-hybridized carbons (Fsp3) is 0.273. The lowest BCUT2D eigenvalue weighted by Crippen LogP contribution is -2.01. The van der Waals surface area contributed by atoms with Crippen LogP contribution in [0.5, 0.6) is 0 Å². The van der Waals surface area contributed by atoms with Crippen LogP contribution in [0, 0.1) is 0 Å². The third-order valence-corrected chi connectivity index (χ3v) is 2.18. The number of pyridine rings is 1. The molecule has 0 saturated carbocycles. The van der Waals surface area contributed by atoms with Gasteiger partial charge in [0.15, 0.2) is 0 Å². The summed E-state index contributed by atoms with van der Waals surface area (Å²) in [4.78, 5) is 4.36. The Hall–Kier alpha value is -1.64. The van der Waals surface area contributed by atoms with E-state index in [-0.39, 0.29) is 0 Å². The van der Waals surface area contributed by atoms with Crippen molar-refractivity contribution in [1.82, 2.24) is 14.8 Å². The second-order valence-electron chi connectivity index (χ2n) is 3.21. The van der Waals surface area contributed by atoms with E-state index < -0.39 is 0 Å². The molecule has 3 heteroatoms. The normalized spacial score (nSPS) is 10.4. The highest BCUT2D eigenvalue weighted by atomic mass is 15.3. The molecule has 14 heavy (non-hydrogen) atoms. The average molecular weight is 187 g/mol. The van der Waals surface area contributed by atoms with Crippen molar-refractivity contribution in [2.75, 3.05) is 0 Å². The average Bonchev–Trinajstić information content (AvgIpc) is 2.72. The van der Waals surface area contributed by atoms with Gasteiger partial charge in [-0.1, -0.05) is 13.0 Å². The molecule has 0 N–H and O–H groups in total. The number of aryl methyl sites for hydroxylation is 1. The van der Waals surface area contributed by atoms with Gasteiger partial charge in [-0.25, -0.2) is 0 Å². The molecule has 0 aliphatic carbocycles. The molecule has 2 aromatic rings. The largest absolute Gasteiger partial charge is 0.267 e. The smallest absolute Gasteiger partial charge is 0.0831 e. The van der Waals surface area contributed by atoms with Crippen LogP contribution in [0.1, 0.15) is 18.2 Å². The highest BCUT2D eigenvalue weighted by Crippen LogP contribution is 2.02. The van der Waals surface area contributed by atoms with Gasteiger partial charge in [-0.3, -0.25) is 9.67 Å². The molecule has 3 nitrogen and oxygen atoms in total. The van der Waals surface area contributed by atoms with Gasteiger partial charge in [0, 0.05) is 18.6 Å². The molecule has 2 rings (SSSR count). The molecule has 0 aliphatic rings. The molecule has 0 atom stereocenters. The second-order valence-corrected chi connectivity index (χ2v) is 3.21. The summed E-state index contributed by atoms with van der Waals surface area (Å²) >= 11 is 0. The van der Waals surface area contributed by atoms with Gasteiger partial charge in [0.2, 0.25) is 0 Å². The van der Waals surface area contributed by atoms with Gasteiger partial charge in [0.25, 0.3) is 0 Å². The van der Waals surface area contributed by atoms with Crippen molar-refractivity contribution in [3.05, 3.63) is 48.0 Å². The molecule has 0 spiro atoms. The first-order valence-corrected chi connectivity index (χ1v) is 4.79. The lowest BCUT2D eigenvalue weighted by Gasteiger charge is -2.01. The highest BCUT2D eigenvalue weighted by Gasteiger charge is 1.96. The SMILES string of the molecule is CCc1ccc(Cn2cccn2)nc1. The van der Waals surface area contributed by atoms with Crippen molar-refractivity contribution < 1.29 is 0 Å². The van der Waals surface area contributed by atoms with E-state index in [1.165, 1.54) is 5.56 Å². The van der Waals surface area contributed by atoms with E-state index >= 15 is 0 Å². The van der Waals surface area contributed by atoms with Crippen molar-refractivity contribution in [3.63, 3.8) is 0 Å². The van der Waals surface area contributed by atoms with E-state index in [4.69, 9.17) is 0 Å². The van der Waals surface area contributed by atoms with Gasteiger partial charge in [-0.15, -0.1) is 0 Å². The molecule has 0 amide bonds. The summed E-state index contributed by atoms with van der Waals surface area (Å²) in [5, 5.41) is 4.13. The lowest BCUT2D eigenvalue weighted by atomic mass is 10.2. The van der Waals surface area contributed by atoms with Gasteiger partial charge in [-0.2, -0.15) is 5.10 Å². The number of rotatable bonds is 3. The number of hydrogen-bond acceptors (Lipinski definition) is 2. The molecule has 0 radical (unpaired) electrons. The molecular weight excluding hydrogens is 174 g/mol. The predicted molar refractivity (Wildman–Crippen MR) is 54.9 cm³/mol. The standard InChI is InChI=1S/C11H13N3/c1-2-10-4-5-11(12-8-10)9-14-7-3-6-13-14/h3-8H,2,9H2,1H3. The summed E-state index contributed by atoms with van der Waals surface area (Å²) in [6.07, 6.45) is 6.68. The Labute approximate surface area is 83.4 Å². The first-order valence-electron chi connectivity index (χ1n) is 4.79. The van der Waals surface area contributed by atoms with Crippen LogP contribution in [0.4, 0.5) is 0 Å². The van der Waals surface area contributed by atoms with E-state index in [2.05, 4.69) is 29.1 Å². The van der Waals surface area contributed by atoms with E-state index in [0.29, 0.717) is 0 Å². The first-order chi connectivity index (χ1) is 6.88. The molecule has 0 saturated heterocycles. The quantitative estimate of drug-likeness (QED) is 0.734. The van der Waals surface area contributed by atoms with Crippen LogP contribution < -0.4 is 0 Å². The Bertz CT molecular complexity index is 375. The summed E-state index contributed by atoms with van der Waals surface area (Å²) < 4.78 is 1.87. The maximum Gasteiger partial charge on any atom is 0.0831 e. The van der Waals surface area contributed by atoms with Crippen molar-refractivity contribution in [3.8, 4) is 0 Å². The van der Waals surface area contributed by atoms with Crippen LogP contribution in [-0.4, -0.2) is 14.8 Å². The second kappa shape index (κ2) is 4.05. The minimum atomic E-state index is 0.747. The topological polar surface area (TPSA) is 30.7 Å². The van der Waals surface area contributed by atoms with Crippen molar-refractivity contribution >= 4 is 0 Å². The Morgan fingerprint density at radius 2 is 2.29 bits per heavy atom. The van der Waals surface area contributed by atoms with Crippen LogP contribution >= 0.6 is 0 Å². The fourth-order valence-corrected chi connectivity index (χ4v) is 1.32. The van der Waals surface area contributed by atoms with Gasteiger partial charge in [0.05, 0.1) is 12.2 Å². The summed E-state index contributed by atoms with van der Waals surface area (Å²) in [5.41, 5.74) is 2.32. The summed E-state index contributed by atoms with van der Waals surface area (Å²) in [5.74, 6) is 0. The molecule has 0 bridgehead atoms. The third-order valence-electron chi connectivity index (χ3n) is 2.18. The Kier molecular flexibility index (Phi) is 2.58. The summed E-state index contributed by atoms with van der Waals surface area (Å²) in [6.45, 7) is 2.88. The number of aromatic nitrogens is 3. The highest BCUT2D eigenvalue weighted by molar-refractivity contribution is 5.13. The molecule has 0 aromatic carbocycles. The molecule has 2 heterocycles.